The third kappa shape index (κ3) is 4.46. The molecule has 1 aliphatic carbocycles. The fourth-order valence-corrected chi connectivity index (χ4v) is 3.85. The van der Waals surface area contributed by atoms with E-state index in [0.29, 0.717) is 11.8 Å². The Bertz CT molecular complexity index is 719. The molecule has 1 aliphatic rings. The second-order valence-electron chi connectivity index (χ2n) is 7.70. The Hall–Kier alpha value is -2.29. The summed E-state index contributed by atoms with van der Waals surface area (Å²) < 4.78 is 0. The smallest absolute Gasteiger partial charge is 0.227 e. The van der Waals surface area contributed by atoms with Crippen molar-refractivity contribution in [3.05, 3.63) is 59.7 Å². The van der Waals surface area contributed by atoms with Crippen molar-refractivity contribution in [1.82, 2.24) is 0 Å². The van der Waals surface area contributed by atoms with Gasteiger partial charge in [-0.3, -0.25) is 4.79 Å². The molecule has 0 radical (unpaired) electrons. The topological polar surface area (TPSA) is 41.1 Å². The van der Waals surface area contributed by atoms with Crippen LogP contribution in [0.1, 0.15) is 62.5 Å². The van der Waals surface area contributed by atoms with Crippen LogP contribution >= 0.6 is 0 Å². The fraction of sp³-hybridized carbons (Fsp3) is 0.435. The standard InChI is InChI=1S/C23H30N2O/c1-16(2)17-7-13-22(14-8-17)25-23(26)20-6-4-5-19(15-20)18-9-11-21(24-3)12-10-18/h7-14,16,19-20,24H,4-6,15H2,1-3H3,(H,25,26). The highest BCUT2D eigenvalue weighted by molar-refractivity contribution is 5.92. The zero-order valence-corrected chi connectivity index (χ0v) is 16.1. The van der Waals surface area contributed by atoms with E-state index >= 15 is 0 Å². The molecule has 26 heavy (non-hydrogen) atoms. The van der Waals surface area contributed by atoms with E-state index < -0.39 is 0 Å². The van der Waals surface area contributed by atoms with Crippen LogP contribution in [0.5, 0.6) is 0 Å². The first-order valence-electron chi connectivity index (χ1n) is 9.75. The van der Waals surface area contributed by atoms with Gasteiger partial charge in [0.1, 0.15) is 0 Å². The van der Waals surface area contributed by atoms with Crippen LogP contribution < -0.4 is 10.6 Å². The third-order valence-corrected chi connectivity index (χ3v) is 5.56. The van der Waals surface area contributed by atoms with E-state index in [9.17, 15) is 4.79 Å². The summed E-state index contributed by atoms with van der Waals surface area (Å²) in [5.41, 5.74) is 4.68. The van der Waals surface area contributed by atoms with Crippen molar-refractivity contribution in [1.29, 1.82) is 0 Å². The molecule has 2 aromatic rings. The van der Waals surface area contributed by atoms with Gasteiger partial charge in [0.15, 0.2) is 0 Å². The van der Waals surface area contributed by atoms with E-state index in [2.05, 4.69) is 60.9 Å². The number of hydrogen-bond acceptors (Lipinski definition) is 2. The van der Waals surface area contributed by atoms with Gasteiger partial charge in [-0.15, -0.1) is 0 Å². The molecule has 0 aromatic heterocycles. The predicted octanol–water partition coefficient (Wildman–Crippen LogP) is 5.76. The van der Waals surface area contributed by atoms with Crippen LogP contribution in [0.3, 0.4) is 0 Å². The summed E-state index contributed by atoms with van der Waals surface area (Å²) in [6.45, 7) is 4.36. The predicted molar refractivity (Wildman–Crippen MR) is 110 cm³/mol. The SMILES string of the molecule is CNc1ccc(C2CCCC(C(=O)Nc3ccc(C(C)C)cc3)C2)cc1. The molecule has 0 heterocycles. The van der Waals surface area contributed by atoms with Crippen LogP contribution in [0.15, 0.2) is 48.5 Å². The van der Waals surface area contributed by atoms with Gasteiger partial charge in [-0.2, -0.15) is 0 Å². The molecule has 0 saturated heterocycles. The van der Waals surface area contributed by atoms with Gasteiger partial charge in [0.05, 0.1) is 0 Å². The van der Waals surface area contributed by atoms with Gasteiger partial charge in [-0.05, 0) is 66.5 Å². The lowest BCUT2D eigenvalue weighted by Gasteiger charge is -2.29. The first-order valence-corrected chi connectivity index (χ1v) is 9.75. The lowest BCUT2D eigenvalue weighted by Crippen LogP contribution is -2.27. The van der Waals surface area contributed by atoms with Crippen molar-refractivity contribution >= 4 is 17.3 Å². The molecule has 2 unspecified atom stereocenters. The number of amides is 1. The van der Waals surface area contributed by atoms with Gasteiger partial charge in [-0.1, -0.05) is 44.5 Å². The maximum Gasteiger partial charge on any atom is 0.227 e. The fourth-order valence-electron chi connectivity index (χ4n) is 3.85. The van der Waals surface area contributed by atoms with Crippen LogP contribution in [-0.2, 0) is 4.79 Å². The molecule has 3 heteroatoms. The largest absolute Gasteiger partial charge is 0.388 e. The van der Waals surface area contributed by atoms with Crippen LogP contribution in [0, 0.1) is 5.92 Å². The van der Waals surface area contributed by atoms with E-state index in [-0.39, 0.29) is 11.8 Å². The van der Waals surface area contributed by atoms with Gasteiger partial charge >= 0.3 is 0 Å². The monoisotopic (exact) mass is 350 g/mol. The highest BCUT2D eigenvalue weighted by atomic mass is 16.1. The number of carbonyl (C=O) groups excluding carboxylic acids is 1. The maximum absolute atomic E-state index is 12.7. The summed E-state index contributed by atoms with van der Waals surface area (Å²) in [6, 6.07) is 16.9. The minimum absolute atomic E-state index is 0.0995. The highest BCUT2D eigenvalue weighted by Crippen LogP contribution is 2.37. The molecule has 0 spiro atoms. The van der Waals surface area contributed by atoms with Crippen molar-refractivity contribution in [2.75, 3.05) is 17.7 Å². The van der Waals surface area contributed by atoms with Gasteiger partial charge in [0.25, 0.3) is 0 Å². The molecule has 2 aromatic carbocycles. The summed E-state index contributed by atoms with van der Waals surface area (Å²) in [4.78, 5) is 12.7. The van der Waals surface area contributed by atoms with Crippen LogP contribution in [0.25, 0.3) is 0 Å². The quantitative estimate of drug-likeness (QED) is 0.719. The first kappa shape index (κ1) is 18.5. The second-order valence-corrected chi connectivity index (χ2v) is 7.70. The van der Waals surface area contributed by atoms with Gasteiger partial charge < -0.3 is 10.6 Å². The lowest BCUT2D eigenvalue weighted by molar-refractivity contribution is -0.120. The van der Waals surface area contributed by atoms with Crippen molar-refractivity contribution < 1.29 is 4.79 Å². The lowest BCUT2D eigenvalue weighted by atomic mass is 9.77. The molecule has 1 fully saturated rings. The number of hydrogen-bond donors (Lipinski definition) is 2. The van der Waals surface area contributed by atoms with E-state index in [1.807, 2.05) is 19.2 Å². The molecule has 1 amide bonds. The molecular weight excluding hydrogens is 320 g/mol. The number of benzene rings is 2. The summed E-state index contributed by atoms with van der Waals surface area (Å²) in [7, 11) is 1.93. The zero-order valence-electron chi connectivity index (χ0n) is 16.1. The number of anilines is 2. The van der Waals surface area contributed by atoms with Gasteiger partial charge in [0.2, 0.25) is 5.91 Å². The highest BCUT2D eigenvalue weighted by Gasteiger charge is 2.28. The average Bonchev–Trinajstić information content (AvgIpc) is 2.68. The van der Waals surface area contributed by atoms with Crippen LogP contribution in [0.2, 0.25) is 0 Å². The summed E-state index contributed by atoms with van der Waals surface area (Å²) in [6.07, 6.45) is 4.21. The van der Waals surface area contributed by atoms with Crippen molar-refractivity contribution in [3.8, 4) is 0 Å². The number of carbonyl (C=O) groups is 1. The van der Waals surface area contributed by atoms with E-state index in [0.717, 1.165) is 30.6 Å². The zero-order chi connectivity index (χ0) is 18.5. The minimum atomic E-state index is 0.0995. The number of rotatable bonds is 5. The minimum Gasteiger partial charge on any atom is -0.388 e. The van der Waals surface area contributed by atoms with E-state index in [4.69, 9.17) is 0 Å². The normalized spacial score (nSPS) is 20.0. The summed E-state index contributed by atoms with van der Waals surface area (Å²) >= 11 is 0. The Morgan fingerprint density at radius 2 is 1.62 bits per heavy atom. The van der Waals surface area contributed by atoms with Crippen molar-refractivity contribution in [3.63, 3.8) is 0 Å². The molecule has 0 bridgehead atoms. The number of nitrogens with one attached hydrogen (secondary N) is 2. The molecular formula is C23H30N2O. The average molecular weight is 351 g/mol. The van der Waals surface area contributed by atoms with Crippen molar-refractivity contribution in [2.24, 2.45) is 5.92 Å². The van der Waals surface area contributed by atoms with E-state index in [1.54, 1.807) is 0 Å². The molecule has 3 rings (SSSR count). The molecule has 2 atom stereocenters. The van der Waals surface area contributed by atoms with Gasteiger partial charge in [-0.25, -0.2) is 0 Å². The van der Waals surface area contributed by atoms with Crippen molar-refractivity contribution in [2.45, 2.75) is 51.4 Å². The summed E-state index contributed by atoms with van der Waals surface area (Å²) in [5.74, 6) is 1.25. The van der Waals surface area contributed by atoms with Crippen LogP contribution in [0.4, 0.5) is 11.4 Å². The molecule has 2 N–H and O–H groups in total. The Labute approximate surface area is 157 Å². The Kier molecular flexibility index (Phi) is 5.97. The second kappa shape index (κ2) is 8.39. The third-order valence-electron chi connectivity index (χ3n) is 5.56. The van der Waals surface area contributed by atoms with E-state index in [1.165, 1.54) is 17.5 Å². The van der Waals surface area contributed by atoms with Crippen LogP contribution in [-0.4, -0.2) is 13.0 Å². The molecule has 3 nitrogen and oxygen atoms in total. The first-order chi connectivity index (χ1) is 12.6. The van der Waals surface area contributed by atoms with Gasteiger partial charge in [0, 0.05) is 24.3 Å². The molecule has 138 valence electrons. The molecule has 0 aliphatic heterocycles. The Balaban J connectivity index is 1.61. The summed E-state index contributed by atoms with van der Waals surface area (Å²) in [5, 5.41) is 6.28. The molecule has 1 saturated carbocycles. The Morgan fingerprint density at radius 1 is 0.962 bits per heavy atom. The Morgan fingerprint density at radius 3 is 2.23 bits per heavy atom. The maximum atomic E-state index is 12.7.